The summed E-state index contributed by atoms with van der Waals surface area (Å²) in [7, 11) is 1.33. The van der Waals surface area contributed by atoms with Gasteiger partial charge in [0.05, 0.1) is 12.7 Å². The van der Waals surface area contributed by atoms with Crippen molar-refractivity contribution >= 4 is 11.6 Å². The van der Waals surface area contributed by atoms with Crippen molar-refractivity contribution in [2.45, 2.75) is 6.92 Å². The van der Waals surface area contributed by atoms with Gasteiger partial charge in [-0.25, -0.2) is 4.79 Å². The van der Waals surface area contributed by atoms with Crippen LogP contribution in [-0.4, -0.2) is 32.8 Å². The molecule has 3 rings (SSSR count). The van der Waals surface area contributed by atoms with Gasteiger partial charge < -0.3 is 9.26 Å². The van der Waals surface area contributed by atoms with Crippen LogP contribution in [0.5, 0.6) is 0 Å². The van der Waals surface area contributed by atoms with Crippen LogP contribution < -0.4 is 0 Å². The molecule has 0 radical (unpaired) electrons. The highest BCUT2D eigenvalue weighted by molar-refractivity contribution is 5.89. The average Bonchev–Trinajstić information content (AvgIpc) is 3.02. The lowest BCUT2D eigenvalue weighted by Gasteiger charge is -2.00. The summed E-state index contributed by atoms with van der Waals surface area (Å²) in [6, 6.07) is 5.07. The first-order valence-corrected chi connectivity index (χ1v) is 5.56. The summed E-state index contributed by atoms with van der Waals surface area (Å²) in [5.74, 6) is 0.770. The Morgan fingerprint density at radius 3 is 2.89 bits per heavy atom. The molecule has 0 saturated heterocycles. The third-order valence-electron chi connectivity index (χ3n) is 2.68. The molecular formula is C12H10N4O3. The van der Waals surface area contributed by atoms with Gasteiger partial charge in [0, 0.05) is 12.3 Å². The minimum Gasteiger partial charge on any atom is -0.465 e. The summed E-state index contributed by atoms with van der Waals surface area (Å²) in [6.07, 6.45) is 1.61. The maximum atomic E-state index is 11.5. The lowest BCUT2D eigenvalue weighted by Crippen LogP contribution is -2.03. The van der Waals surface area contributed by atoms with Crippen LogP contribution in [-0.2, 0) is 4.74 Å². The molecule has 7 heteroatoms. The van der Waals surface area contributed by atoms with E-state index in [9.17, 15) is 4.79 Å². The van der Waals surface area contributed by atoms with E-state index in [0.29, 0.717) is 28.5 Å². The number of rotatable bonds is 2. The van der Waals surface area contributed by atoms with Crippen LogP contribution in [0.2, 0.25) is 0 Å². The van der Waals surface area contributed by atoms with Gasteiger partial charge in [0.2, 0.25) is 0 Å². The van der Waals surface area contributed by atoms with E-state index in [-0.39, 0.29) is 0 Å². The monoisotopic (exact) mass is 258 g/mol. The van der Waals surface area contributed by atoms with E-state index in [1.807, 2.05) is 0 Å². The van der Waals surface area contributed by atoms with Crippen molar-refractivity contribution in [1.29, 1.82) is 0 Å². The van der Waals surface area contributed by atoms with Crippen LogP contribution in [0.15, 0.2) is 28.9 Å². The molecular weight excluding hydrogens is 248 g/mol. The minimum absolute atomic E-state index is 0.413. The number of hydrogen-bond acceptors (Lipinski definition) is 6. The van der Waals surface area contributed by atoms with E-state index in [0.717, 1.165) is 0 Å². The molecule has 0 aliphatic heterocycles. The maximum absolute atomic E-state index is 11.5. The largest absolute Gasteiger partial charge is 0.465 e. The van der Waals surface area contributed by atoms with Crippen LogP contribution in [0.3, 0.4) is 0 Å². The number of aryl methyl sites for hydroxylation is 1. The Balaban J connectivity index is 2.18. The molecule has 3 heterocycles. The summed E-state index contributed by atoms with van der Waals surface area (Å²) >= 11 is 0. The Morgan fingerprint density at radius 2 is 2.21 bits per heavy atom. The molecule has 0 bridgehead atoms. The Hall–Kier alpha value is -2.70. The van der Waals surface area contributed by atoms with Gasteiger partial charge >= 0.3 is 5.97 Å². The fourth-order valence-corrected chi connectivity index (χ4v) is 1.78. The van der Waals surface area contributed by atoms with Gasteiger partial charge in [-0.3, -0.25) is 4.40 Å². The van der Waals surface area contributed by atoms with Gasteiger partial charge in [0.25, 0.3) is 0 Å². The maximum Gasteiger partial charge on any atom is 0.339 e. The molecule has 0 spiro atoms. The zero-order valence-electron chi connectivity index (χ0n) is 10.3. The highest BCUT2D eigenvalue weighted by atomic mass is 16.5. The molecule has 0 aliphatic rings. The first-order chi connectivity index (χ1) is 9.19. The number of nitrogens with zero attached hydrogens (tertiary/aromatic N) is 4. The Morgan fingerprint density at radius 1 is 1.37 bits per heavy atom. The number of carbonyl (C=O) groups excluding carboxylic acids is 1. The fraction of sp³-hybridized carbons (Fsp3) is 0.167. The average molecular weight is 258 g/mol. The van der Waals surface area contributed by atoms with Crippen molar-refractivity contribution in [3.63, 3.8) is 0 Å². The molecule has 0 N–H and O–H groups in total. The number of carbonyl (C=O) groups is 1. The third-order valence-corrected chi connectivity index (χ3v) is 2.68. The van der Waals surface area contributed by atoms with Crippen LogP contribution in [0, 0.1) is 6.92 Å². The standard InChI is InChI=1S/C12H10N4O3/c1-7-5-9(15-19-7)11-14-13-10-4-3-8(6-16(10)11)12(17)18-2/h3-6H,1-2H3. The summed E-state index contributed by atoms with van der Waals surface area (Å²) in [4.78, 5) is 11.5. The van der Waals surface area contributed by atoms with Crippen molar-refractivity contribution in [2.75, 3.05) is 7.11 Å². The van der Waals surface area contributed by atoms with E-state index in [1.54, 1.807) is 35.7 Å². The number of fused-ring (bicyclic) bond motifs is 1. The molecule has 0 aromatic carbocycles. The van der Waals surface area contributed by atoms with Crippen LogP contribution in [0.25, 0.3) is 17.2 Å². The van der Waals surface area contributed by atoms with Gasteiger partial charge in [0.1, 0.15) is 5.76 Å². The van der Waals surface area contributed by atoms with Crippen LogP contribution in [0.1, 0.15) is 16.1 Å². The second-order valence-electron chi connectivity index (χ2n) is 3.98. The Labute approximate surface area is 107 Å². The lowest BCUT2D eigenvalue weighted by atomic mass is 10.3. The number of ether oxygens (including phenoxy) is 1. The van der Waals surface area contributed by atoms with Gasteiger partial charge in [-0.2, -0.15) is 0 Å². The minimum atomic E-state index is -0.419. The van der Waals surface area contributed by atoms with Crippen molar-refractivity contribution in [2.24, 2.45) is 0 Å². The molecule has 0 amide bonds. The molecule has 0 aliphatic carbocycles. The number of methoxy groups -OCH3 is 1. The predicted molar refractivity (Wildman–Crippen MR) is 64.6 cm³/mol. The zero-order valence-corrected chi connectivity index (χ0v) is 10.3. The highest BCUT2D eigenvalue weighted by Crippen LogP contribution is 2.18. The summed E-state index contributed by atoms with van der Waals surface area (Å²) in [6.45, 7) is 1.79. The van der Waals surface area contributed by atoms with E-state index in [2.05, 4.69) is 20.1 Å². The van der Waals surface area contributed by atoms with Crippen molar-refractivity contribution in [3.05, 3.63) is 35.7 Å². The second-order valence-corrected chi connectivity index (χ2v) is 3.98. The van der Waals surface area contributed by atoms with Crippen LogP contribution >= 0.6 is 0 Å². The lowest BCUT2D eigenvalue weighted by molar-refractivity contribution is 0.0600. The number of pyridine rings is 1. The summed E-state index contributed by atoms with van der Waals surface area (Å²) < 4.78 is 11.4. The van der Waals surface area contributed by atoms with E-state index >= 15 is 0 Å². The summed E-state index contributed by atoms with van der Waals surface area (Å²) in [5, 5.41) is 11.9. The molecule has 0 atom stereocenters. The van der Waals surface area contributed by atoms with E-state index < -0.39 is 5.97 Å². The van der Waals surface area contributed by atoms with Crippen molar-refractivity contribution < 1.29 is 14.1 Å². The van der Waals surface area contributed by atoms with Gasteiger partial charge in [-0.1, -0.05) is 5.16 Å². The molecule has 0 unspecified atom stereocenters. The summed E-state index contributed by atoms with van der Waals surface area (Å²) in [5.41, 5.74) is 1.59. The number of aromatic nitrogens is 4. The zero-order chi connectivity index (χ0) is 13.4. The van der Waals surface area contributed by atoms with Crippen molar-refractivity contribution in [3.8, 4) is 11.5 Å². The molecule has 19 heavy (non-hydrogen) atoms. The second kappa shape index (κ2) is 4.20. The normalized spacial score (nSPS) is 10.8. The first kappa shape index (κ1) is 11.4. The Bertz CT molecular complexity index is 759. The van der Waals surface area contributed by atoms with Gasteiger partial charge in [-0.05, 0) is 19.1 Å². The van der Waals surface area contributed by atoms with Crippen molar-refractivity contribution in [1.82, 2.24) is 19.8 Å². The quantitative estimate of drug-likeness (QED) is 0.647. The van der Waals surface area contributed by atoms with Crippen LogP contribution in [0.4, 0.5) is 0 Å². The SMILES string of the molecule is COC(=O)c1ccc2nnc(-c3cc(C)on3)n2c1. The third kappa shape index (κ3) is 1.85. The topological polar surface area (TPSA) is 82.5 Å². The molecule has 96 valence electrons. The molecule has 3 aromatic heterocycles. The van der Waals surface area contributed by atoms with E-state index in [1.165, 1.54) is 7.11 Å². The highest BCUT2D eigenvalue weighted by Gasteiger charge is 2.14. The fourth-order valence-electron chi connectivity index (χ4n) is 1.78. The molecule has 0 fully saturated rings. The number of esters is 1. The smallest absolute Gasteiger partial charge is 0.339 e. The molecule has 3 aromatic rings. The van der Waals surface area contributed by atoms with E-state index in [4.69, 9.17) is 4.52 Å². The van der Waals surface area contributed by atoms with Gasteiger partial charge in [-0.15, -0.1) is 10.2 Å². The molecule has 7 nitrogen and oxygen atoms in total. The predicted octanol–water partition coefficient (Wildman–Crippen LogP) is 1.48. The Kier molecular flexibility index (Phi) is 2.52. The number of hydrogen-bond donors (Lipinski definition) is 0. The van der Waals surface area contributed by atoms with Gasteiger partial charge in [0.15, 0.2) is 17.2 Å². The molecule has 0 saturated carbocycles. The first-order valence-electron chi connectivity index (χ1n) is 5.56.